The van der Waals surface area contributed by atoms with Gasteiger partial charge >= 0.3 is 0 Å². The summed E-state index contributed by atoms with van der Waals surface area (Å²) in [6.07, 6.45) is 8.51. The monoisotopic (exact) mass is 239 g/mol. The van der Waals surface area contributed by atoms with Crippen LogP contribution in [0.5, 0.6) is 0 Å². The summed E-state index contributed by atoms with van der Waals surface area (Å²) in [5, 5.41) is 3.84. The normalized spacial score (nSPS) is 42.4. The Balaban J connectivity index is 1.80. The fraction of sp³-hybridized carbons (Fsp3) is 1.00. The third-order valence-corrected chi connectivity index (χ3v) is 4.85. The van der Waals surface area contributed by atoms with Gasteiger partial charge < -0.3 is 16.8 Å². The van der Waals surface area contributed by atoms with Crippen molar-refractivity contribution in [3.63, 3.8) is 0 Å². The van der Waals surface area contributed by atoms with Crippen LogP contribution in [-0.4, -0.2) is 24.2 Å². The minimum atomic E-state index is 0.293. The van der Waals surface area contributed by atoms with Gasteiger partial charge in [-0.1, -0.05) is 13.8 Å². The van der Waals surface area contributed by atoms with Crippen molar-refractivity contribution in [1.82, 2.24) is 5.32 Å². The molecule has 0 aliphatic heterocycles. The first-order chi connectivity index (χ1) is 7.97. The highest BCUT2D eigenvalue weighted by Crippen LogP contribution is 2.35. The Hall–Kier alpha value is -0.120. The molecule has 0 radical (unpaired) electrons. The van der Waals surface area contributed by atoms with Crippen molar-refractivity contribution in [2.24, 2.45) is 16.9 Å². The molecule has 2 rings (SSSR count). The van der Waals surface area contributed by atoms with E-state index in [-0.39, 0.29) is 0 Å². The molecule has 3 heteroatoms. The molecule has 0 aromatic rings. The standard InChI is InChI=1S/C14H29N3/c1-14(2)9-12(7-8-13(14)16)17-11-5-3-10(15)4-6-11/h10-13,17H,3-9,15-16H2,1-2H3. The molecule has 0 heterocycles. The van der Waals surface area contributed by atoms with E-state index in [4.69, 9.17) is 11.5 Å². The van der Waals surface area contributed by atoms with E-state index in [0.29, 0.717) is 29.6 Å². The summed E-state index contributed by atoms with van der Waals surface area (Å²) in [5.74, 6) is 0. The van der Waals surface area contributed by atoms with Gasteiger partial charge in [0.15, 0.2) is 0 Å². The number of hydrogen-bond acceptors (Lipinski definition) is 3. The molecule has 0 aromatic heterocycles. The third kappa shape index (κ3) is 3.43. The molecule has 0 amide bonds. The first kappa shape index (κ1) is 13.3. The van der Waals surface area contributed by atoms with Crippen LogP contribution in [-0.2, 0) is 0 Å². The summed E-state index contributed by atoms with van der Waals surface area (Å²) in [6, 6.07) is 2.19. The van der Waals surface area contributed by atoms with Gasteiger partial charge in [-0.2, -0.15) is 0 Å². The maximum absolute atomic E-state index is 6.18. The Kier molecular flexibility index (Phi) is 4.11. The number of hydrogen-bond donors (Lipinski definition) is 3. The summed E-state index contributed by atoms with van der Waals surface area (Å²) in [6.45, 7) is 4.62. The summed E-state index contributed by atoms with van der Waals surface area (Å²) < 4.78 is 0. The number of rotatable bonds is 2. The highest BCUT2D eigenvalue weighted by molar-refractivity contribution is 4.93. The van der Waals surface area contributed by atoms with Gasteiger partial charge in [-0.25, -0.2) is 0 Å². The van der Waals surface area contributed by atoms with Crippen molar-refractivity contribution in [2.75, 3.05) is 0 Å². The van der Waals surface area contributed by atoms with Crippen LogP contribution < -0.4 is 16.8 Å². The lowest BCUT2D eigenvalue weighted by molar-refractivity contribution is 0.151. The third-order valence-electron chi connectivity index (χ3n) is 4.85. The minimum Gasteiger partial charge on any atom is -0.328 e. The molecule has 0 spiro atoms. The second-order valence-corrected chi connectivity index (χ2v) is 6.85. The van der Waals surface area contributed by atoms with Gasteiger partial charge in [0.1, 0.15) is 0 Å². The molecule has 100 valence electrons. The molecule has 2 fully saturated rings. The van der Waals surface area contributed by atoms with Crippen molar-refractivity contribution in [3.8, 4) is 0 Å². The number of nitrogens with two attached hydrogens (primary N) is 2. The maximum Gasteiger partial charge on any atom is 0.00914 e. The fourth-order valence-electron chi connectivity index (χ4n) is 3.42. The van der Waals surface area contributed by atoms with E-state index in [0.717, 1.165) is 6.42 Å². The Morgan fingerprint density at radius 1 is 0.882 bits per heavy atom. The van der Waals surface area contributed by atoms with Gasteiger partial charge in [0.2, 0.25) is 0 Å². The minimum absolute atomic E-state index is 0.293. The van der Waals surface area contributed by atoms with Gasteiger partial charge in [0.05, 0.1) is 0 Å². The van der Waals surface area contributed by atoms with Gasteiger partial charge in [0, 0.05) is 24.2 Å². The molecule has 0 aromatic carbocycles. The predicted octanol–water partition coefficient (Wildman–Crippen LogP) is 1.75. The first-order valence-electron chi connectivity index (χ1n) is 7.24. The Bertz CT molecular complexity index is 244. The second kappa shape index (κ2) is 5.25. The molecule has 2 saturated carbocycles. The average Bonchev–Trinajstić information content (AvgIpc) is 2.26. The summed E-state index contributed by atoms with van der Waals surface area (Å²) >= 11 is 0. The molecular weight excluding hydrogens is 210 g/mol. The Labute approximate surface area is 106 Å². The second-order valence-electron chi connectivity index (χ2n) is 6.85. The van der Waals surface area contributed by atoms with E-state index >= 15 is 0 Å². The molecule has 0 bridgehead atoms. The highest BCUT2D eigenvalue weighted by Gasteiger charge is 2.35. The van der Waals surface area contributed by atoms with Crippen LogP contribution in [0.4, 0.5) is 0 Å². The molecule has 2 unspecified atom stereocenters. The molecule has 2 aliphatic rings. The van der Waals surface area contributed by atoms with E-state index in [9.17, 15) is 0 Å². The van der Waals surface area contributed by atoms with Gasteiger partial charge in [0.25, 0.3) is 0 Å². The van der Waals surface area contributed by atoms with Crippen LogP contribution in [0, 0.1) is 5.41 Å². The lowest BCUT2D eigenvalue weighted by atomic mass is 9.71. The van der Waals surface area contributed by atoms with Crippen LogP contribution in [0.15, 0.2) is 0 Å². The molecule has 2 atom stereocenters. The van der Waals surface area contributed by atoms with Crippen molar-refractivity contribution in [2.45, 2.75) is 83.0 Å². The SMILES string of the molecule is CC1(C)CC(NC2CCC(N)CC2)CCC1N. The van der Waals surface area contributed by atoms with Crippen LogP contribution in [0.3, 0.4) is 0 Å². The Morgan fingerprint density at radius 3 is 2.06 bits per heavy atom. The van der Waals surface area contributed by atoms with E-state index in [1.54, 1.807) is 0 Å². The summed E-state index contributed by atoms with van der Waals surface area (Å²) in [7, 11) is 0. The van der Waals surface area contributed by atoms with Crippen LogP contribution in [0.2, 0.25) is 0 Å². The summed E-state index contributed by atoms with van der Waals surface area (Å²) in [5.41, 5.74) is 12.4. The summed E-state index contributed by atoms with van der Waals surface area (Å²) in [4.78, 5) is 0. The van der Waals surface area contributed by atoms with Crippen molar-refractivity contribution < 1.29 is 0 Å². The van der Waals surface area contributed by atoms with Crippen molar-refractivity contribution >= 4 is 0 Å². The van der Waals surface area contributed by atoms with E-state index < -0.39 is 0 Å². The average molecular weight is 239 g/mol. The number of nitrogens with one attached hydrogen (secondary N) is 1. The van der Waals surface area contributed by atoms with Crippen LogP contribution >= 0.6 is 0 Å². The predicted molar refractivity (Wildman–Crippen MR) is 72.8 cm³/mol. The van der Waals surface area contributed by atoms with Gasteiger partial charge in [-0.3, -0.25) is 0 Å². The molecule has 5 N–H and O–H groups in total. The lowest BCUT2D eigenvalue weighted by Gasteiger charge is -2.42. The Morgan fingerprint density at radius 2 is 1.47 bits per heavy atom. The molecule has 17 heavy (non-hydrogen) atoms. The zero-order valence-corrected chi connectivity index (χ0v) is 11.4. The first-order valence-corrected chi connectivity index (χ1v) is 7.24. The highest BCUT2D eigenvalue weighted by atomic mass is 15.0. The maximum atomic E-state index is 6.18. The molecule has 3 nitrogen and oxygen atoms in total. The van der Waals surface area contributed by atoms with E-state index in [1.807, 2.05) is 0 Å². The lowest BCUT2D eigenvalue weighted by Crippen LogP contribution is -2.51. The van der Waals surface area contributed by atoms with E-state index in [2.05, 4.69) is 19.2 Å². The topological polar surface area (TPSA) is 64.1 Å². The van der Waals surface area contributed by atoms with Crippen LogP contribution in [0.25, 0.3) is 0 Å². The van der Waals surface area contributed by atoms with Crippen LogP contribution in [0.1, 0.15) is 58.8 Å². The van der Waals surface area contributed by atoms with E-state index in [1.165, 1.54) is 38.5 Å². The quantitative estimate of drug-likeness (QED) is 0.688. The molecular formula is C14H29N3. The zero-order valence-electron chi connectivity index (χ0n) is 11.4. The fourth-order valence-corrected chi connectivity index (χ4v) is 3.42. The van der Waals surface area contributed by atoms with Crippen molar-refractivity contribution in [3.05, 3.63) is 0 Å². The largest absolute Gasteiger partial charge is 0.328 e. The van der Waals surface area contributed by atoms with Gasteiger partial charge in [-0.05, 0) is 50.4 Å². The van der Waals surface area contributed by atoms with Crippen molar-refractivity contribution in [1.29, 1.82) is 0 Å². The van der Waals surface area contributed by atoms with Gasteiger partial charge in [-0.15, -0.1) is 0 Å². The molecule has 0 saturated heterocycles. The molecule has 2 aliphatic carbocycles. The smallest absolute Gasteiger partial charge is 0.00914 e. The zero-order chi connectivity index (χ0) is 12.5.